The van der Waals surface area contributed by atoms with E-state index in [4.69, 9.17) is 14.2 Å². The lowest BCUT2D eigenvalue weighted by molar-refractivity contribution is -0.137. The number of nitrogens with zero attached hydrogens (tertiary/aromatic N) is 2. The number of urea groups is 1. The van der Waals surface area contributed by atoms with E-state index >= 15 is 0 Å². The number of carbonyl (C=O) groups is 3. The molecule has 292 valence electrons. The number of hydrogen-bond acceptors (Lipinski definition) is 9. The first-order chi connectivity index (χ1) is 25.6. The third-order valence-electron chi connectivity index (χ3n) is 9.70. The maximum absolute atomic E-state index is 13.6. The Bertz CT molecular complexity index is 1950. The van der Waals surface area contributed by atoms with Gasteiger partial charge >= 0.3 is 12.2 Å². The first-order valence-corrected chi connectivity index (χ1v) is 18.8. The molecule has 2 N–H and O–H groups in total. The number of ketones is 1. The number of piperidine rings is 1. The molecule has 12 nitrogen and oxygen atoms in total. The van der Waals surface area contributed by atoms with Gasteiger partial charge in [-0.25, -0.2) is 17.6 Å². The Morgan fingerprint density at radius 1 is 0.889 bits per heavy atom. The minimum atomic E-state index is -4.66. The van der Waals surface area contributed by atoms with Gasteiger partial charge in [0.05, 0.1) is 31.8 Å². The molecule has 1 spiro atoms. The Kier molecular flexibility index (Phi) is 12.4. The number of methoxy groups -OCH3 is 3. The van der Waals surface area contributed by atoms with E-state index in [0.29, 0.717) is 70.3 Å². The first-order valence-electron chi connectivity index (χ1n) is 17.3. The van der Waals surface area contributed by atoms with Crippen molar-refractivity contribution in [3.05, 3.63) is 77.1 Å². The number of aryl methyl sites for hydroxylation is 1. The molecule has 0 radical (unpaired) electrons. The van der Waals surface area contributed by atoms with Crippen LogP contribution < -0.4 is 24.2 Å². The van der Waals surface area contributed by atoms with E-state index in [0.717, 1.165) is 17.7 Å². The number of ether oxygens (including phenoxy) is 3. The number of anilines is 1. The Labute approximate surface area is 310 Å². The van der Waals surface area contributed by atoms with Gasteiger partial charge in [0, 0.05) is 32.1 Å². The summed E-state index contributed by atoms with van der Waals surface area (Å²) in [6.07, 6.45) is -1.51. The van der Waals surface area contributed by atoms with E-state index in [1.54, 1.807) is 12.1 Å². The molecule has 2 saturated heterocycles. The van der Waals surface area contributed by atoms with Crippen LogP contribution in [0.15, 0.2) is 59.5 Å². The molecule has 2 aliphatic heterocycles. The topological polar surface area (TPSA) is 144 Å². The summed E-state index contributed by atoms with van der Waals surface area (Å²) in [5, 5.41) is 2.91. The predicted molar refractivity (Wildman–Crippen MR) is 190 cm³/mol. The number of imide groups is 1. The summed E-state index contributed by atoms with van der Waals surface area (Å²) in [7, 11) is -0.645. The normalized spacial score (nSPS) is 16.0. The van der Waals surface area contributed by atoms with E-state index in [1.807, 2.05) is 0 Å². The van der Waals surface area contributed by atoms with Gasteiger partial charge < -0.3 is 24.4 Å². The third-order valence-corrected chi connectivity index (χ3v) is 11.1. The van der Waals surface area contributed by atoms with Gasteiger partial charge in [-0.3, -0.25) is 19.2 Å². The number of halogens is 4. The van der Waals surface area contributed by atoms with E-state index < -0.39 is 44.0 Å². The van der Waals surface area contributed by atoms with Crippen LogP contribution in [0.5, 0.6) is 17.2 Å². The largest absolute Gasteiger partial charge is 0.496 e. The second kappa shape index (κ2) is 16.6. The summed E-state index contributed by atoms with van der Waals surface area (Å²) in [4.78, 5) is 42.7. The predicted octanol–water partition coefficient (Wildman–Crippen LogP) is 6.04. The number of hydrogen-bond donors (Lipinski definition) is 2. The SMILES string of the molecule is COc1cc(OC)c(C(=O)CCCCN2CCC3(CC2)NC(=O)N(CCCc2ccc(F)cc2)C3=O)c(OC)c1NS(=O)(=O)c1ccc(C(F)(F)F)cc1. The van der Waals surface area contributed by atoms with Crippen LogP contribution in [-0.4, -0.2) is 89.0 Å². The van der Waals surface area contributed by atoms with Crippen LogP contribution in [-0.2, 0) is 27.4 Å². The van der Waals surface area contributed by atoms with Gasteiger partial charge in [0.2, 0.25) is 0 Å². The summed E-state index contributed by atoms with van der Waals surface area (Å²) < 4.78 is 97.5. The van der Waals surface area contributed by atoms with Crippen LogP contribution in [0, 0.1) is 5.82 Å². The Balaban J connectivity index is 1.16. The van der Waals surface area contributed by atoms with Gasteiger partial charge in [0.25, 0.3) is 15.9 Å². The maximum Gasteiger partial charge on any atom is 0.416 e. The smallest absolute Gasteiger partial charge is 0.416 e. The van der Waals surface area contributed by atoms with E-state index in [1.165, 1.54) is 44.4 Å². The summed E-state index contributed by atoms with van der Waals surface area (Å²) in [5.41, 5.74) is -1.32. The molecule has 17 heteroatoms. The molecular formula is C37H42F4N4O8S. The standard InChI is InChI=1S/C37H42F4N4O8S/c1-51-29-23-30(52-2)32(43-54(49,50)27-15-11-25(12-16-27)37(39,40)41)33(53-3)31(29)28(46)8-4-5-19-44-21-17-36(18-22-44)34(47)45(35(48)42-36)20-6-7-24-9-13-26(38)14-10-24/h9-16,23,43H,4-8,17-22H2,1-3H3,(H,42,48). The Morgan fingerprint density at radius 2 is 1.54 bits per heavy atom. The monoisotopic (exact) mass is 778 g/mol. The molecule has 0 saturated carbocycles. The number of benzene rings is 3. The van der Waals surface area contributed by atoms with Crippen LogP contribution in [0.3, 0.4) is 0 Å². The number of nitrogens with one attached hydrogen (secondary N) is 2. The van der Waals surface area contributed by atoms with Crippen molar-refractivity contribution >= 4 is 33.4 Å². The number of carbonyl (C=O) groups excluding carboxylic acids is 3. The van der Waals surface area contributed by atoms with Crippen molar-refractivity contribution < 1.29 is 54.6 Å². The Morgan fingerprint density at radius 3 is 2.13 bits per heavy atom. The molecule has 0 aliphatic carbocycles. The minimum absolute atomic E-state index is 0.0384. The van der Waals surface area contributed by atoms with Crippen molar-refractivity contribution in [2.75, 3.05) is 52.2 Å². The number of alkyl halides is 3. The average molecular weight is 779 g/mol. The highest BCUT2D eigenvalue weighted by atomic mass is 32.2. The zero-order chi connectivity index (χ0) is 39.3. The number of amides is 3. The fraction of sp³-hybridized carbons (Fsp3) is 0.432. The van der Waals surface area contributed by atoms with Gasteiger partial charge in [0.1, 0.15) is 28.4 Å². The number of unbranched alkanes of at least 4 members (excludes halogenated alkanes) is 1. The van der Waals surface area contributed by atoms with Gasteiger partial charge in [0.15, 0.2) is 17.3 Å². The molecular weight excluding hydrogens is 736 g/mol. The van der Waals surface area contributed by atoms with Crippen LogP contribution in [0.1, 0.15) is 60.0 Å². The van der Waals surface area contributed by atoms with Crippen molar-refractivity contribution in [1.29, 1.82) is 0 Å². The highest BCUT2D eigenvalue weighted by Crippen LogP contribution is 2.45. The van der Waals surface area contributed by atoms with Crippen molar-refractivity contribution in [2.45, 2.75) is 61.6 Å². The molecule has 2 aliphatic rings. The highest BCUT2D eigenvalue weighted by Gasteiger charge is 2.52. The molecule has 0 unspecified atom stereocenters. The zero-order valence-electron chi connectivity index (χ0n) is 30.1. The summed E-state index contributed by atoms with van der Waals surface area (Å²) in [6.45, 7) is 2.01. The van der Waals surface area contributed by atoms with Gasteiger partial charge in [-0.2, -0.15) is 13.2 Å². The lowest BCUT2D eigenvalue weighted by Crippen LogP contribution is -2.55. The van der Waals surface area contributed by atoms with Gasteiger partial charge in [-0.1, -0.05) is 12.1 Å². The molecule has 2 fully saturated rings. The maximum atomic E-state index is 13.6. The molecule has 0 aromatic heterocycles. The van der Waals surface area contributed by atoms with Crippen molar-refractivity contribution in [3.63, 3.8) is 0 Å². The first kappa shape index (κ1) is 40.3. The fourth-order valence-corrected chi connectivity index (χ4v) is 7.80. The van der Waals surface area contributed by atoms with Gasteiger partial charge in [-0.05, 0) is 87.0 Å². The minimum Gasteiger partial charge on any atom is -0.496 e. The van der Waals surface area contributed by atoms with E-state index in [2.05, 4.69) is 14.9 Å². The fourth-order valence-electron chi connectivity index (χ4n) is 6.73. The highest BCUT2D eigenvalue weighted by molar-refractivity contribution is 7.92. The molecule has 2 heterocycles. The van der Waals surface area contributed by atoms with Gasteiger partial charge in [-0.15, -0.1) is 0 Å². The second-order valence-corrected chi connectivity index (χ2v) is 14.8. The lowest BCUT2D eigenvalue weighted by atomic mass is 9.87. The molecule has 3 aromatic carbocycles. The van der Waals surface area contributed by atoms with Crippen molar-refractivity contribution in [1.82, 2.24) is 15.1 Å². The quantitative estimate of drug-likeness (QED) is 0.0770. The number of rotatable bonds is 16. The number of Topliss-reactive ketones (excluding diaryl/α,β-unsaturated/α-hetero) is 1. The average Bonchev–Trinajstić information content (AvgIpc) is 3.37. The van der Waals surface area contributed by atoms with Crippen molar-refractivity contribution in [2.24, 2.45) is 0 Å². The Hall–Kier alpha value is -4.90. The molecule has 0 atom stereocenters. The molecule has 5 rings (SSSR count). The summed E-state index contributed by atoms with van der Waals surface area (Å²) in [5.74, 6) is -1.13. The zero-order valence-corrected chi connectivity index (χ0v) is 30.9. The second-order valence-electron chi connectivity index (χ2n) is 13.1. The van der Waals surface area contributed by atoms with Crippen LogP contribution in [0.4, 0.5) is 28.0 Å². The number of likely N-dealkylation sites (tertiary alicyclic amines) is 1. The van der Waals surface area contributed by atoms with E-state index in [9.17, 15) is 40.4 Å². The molecule has 0 bridgehead atoms. The molecule has 54 heavy (non-hydrogen) atoms. The summed E-state index contributed by atoms with van der Waals surface area (Å²) >= 11 is 0. The third kappa shape index (κ3) is 8.89. The van der Waals surface area contributed by atoms with Crippen LogP contribution in [0.2, 0.25) is 0 Å². The molecule has 3 amide bonds. The number of sulfonamides is 1. The van der Waals surface area contributed by atoms with Crippen molar-refractivity contribution in [3.8, 4) is 17.2 Å². The molecule has 3 aromatic rings. The van der Waals surface area contributed by atoms with E-state index in [-0.39, 0.29) is 53.2 Å². The van der Waals surface area contributed by atoms with Crippen LogP contribution in [0.25, 0.3) is 0 Å². The summed E-state index contributed by atoms with van der Waals surface area (Å²) in [6, 6.07) is 9.96. The van der Waals surface area contributed by atoms with Crippen LogP contribution >= 0.6 is 0 Å². The lowest BCUT2D eigenvalue weighted by Gasteiger charge is -2.37.